The minimum absolute atomic E-state index is 0. The van der Waals surface area contributed by atoms with Crippen molar-refractivity contribution in [3.8, 4) is 28.6 Å². The van der Waals surface area contributed by atoms with Crippen molar-refractivity contribution in [1.82, 2.24) is 15.0 Å². The molecular formula is C39H38IrN4OSi-2. The van der Waals surface area contributed by atoms with Crippen molar-refractivity contribution in [2.45, 2.75) is 65.1 Å². The molecule has 0 spiro atoms. The van der Waals surface area contributed by atoms with Crippen LogP contribution in [0.15, 0.2) is 89.7 Å². The van der Waals surface area contributed by atoms with Crippen LogP contribution in [0.2, 0.25) is 19.6 Å². The summed E-state index contributed by atoms with van der Waals surface area (Å²) in [6.07, 6.45) is 8.81. The van der Waals surface area contributed by atoms with Crippen LogP contribution in [0.4, 0.5) is 0 Å². The van der Waals surface area contributed by atoms with E-state index < -0.39 is 14.0 Å². The zero-order valence-corrected chi connectivity index (χ0v) is 30.3. The molecule has 3 heterocycles. The molecule has 0 bridgehead atoms. The molecule has 0 unspecified atom stereocenters. The Morgan fingerprint density at radius 1 is 0.870 bits per heavy atom. The third-order valence-corrected chi connectivity index (χ3v) is 10.4. The average molecular weight is 800 g/mol. The largest absolute Gasteiger partial charge is 0.500 e. The summed E-state index contributed by atoms with van der Waals surface area (Å²) in [4.78, 5) is 13.6. The SMILES string of the molecule is [2H]C1(c2c(C#N)ccc3c2oc2c(-c4cnc([Si](C)(C)C)cn4)[c-]ccc23)CCC(C)(C)CC1.[Ir].[c-]1ccccc1-c1ccccn1. The van der Waals surface area contributed by atoms with Gasteiger partial charge in [-0.2, -0.15) is 5.26 Å². The Morgan fingerprint density at radius 2 is 1.63 bits per heavy atom. The summed E-state index contributed by atoms with van der Waals surface area (Å²) in [6.45, 7) is 11.3. The van der Waals surface area contributed by atoms with Crippen molar-refractivity contribution in [3.05, 3.63) is 109 Å². The fraction of sp³-hybridized carbons (Fsp3) is 0.282. The third-order valence-electron chi connectivity index (χ3n) is 8.61. The van der Waals surface area contributed by atoms with Gasteiger partial charge in [-0.15, -0.1) is 54.1 Å². The van der Waals surface area contributed by atoms with E-state index in [1.165, 1.54) is 0 Å². The summed E-state index contributed by atoms with van der Waals surface area (Å²) < 4.78 is 15.9. The van der Waals surface area contributed by atoms with Crippen LogP contribution in [0.5, 0.6) is 0 Å². The van der Waals surface area contributed by atoms with Crippen molar-refractivity contribution in [2.24, 2.45) is 5.41 Å². The number of hydrogen-bond acceptors (Lipinski definition) is 5. The van der Waals surface area contributed by atoms with Gasteiger partial charge in [0, 0.05) is 62.0 Å². The molecule has 7 heteroatoms. The van der Waals surface area contributed by atoms with Crippen LogP contribution in [0.1, 0.15) is 57.9 Å². The van der Waals surface area contributed by atoms with E-state index in [-0.39, 0.29) is 25.5 Å². The van der Waals surface area contributed by atoms with Gasteiger partial charge in [-0.25, -0.2) is 0 Å². The zero-order valence-electron chi connectivity index (χ0n) is 27.9. The molecule has 3 aromatic heterocycles. The maximum atomic E-state index is 9.93. The number of aromatic nitrogens is 3. The Hall–Kier alpha value is -3.95. The average Bonchev–Trinajstić information content (AvgIpc) is 3.45. The quantitative estimate of drug-likeness (QED) is 0.131. The standard InChI is InChI=1S/C28H30N3OSi.C11H8N.Ir/c1-28(2)13-11-18(12-14-28)25-19(15-29)9-10-21-20-7-6-8-22(26(20)32-27(21)25)23-16-31-24(17-30-23)33(3,4)5;1-2-6-10(7-3-1)11-8-4-5-9-12-11;/h6-7,9-10,16-18H,11-14H2,1-5H3;1-6,8-9H;/q2*-1;/i18D;;. The molecule has 235 valence electrons. The molecule has 0 atom stereocenters. The number of nitrogens with zero attached hydrogens (tertiary/aromatic N) is 4. The van der Waals surface area contributed by atoms with E-state index in [0.717, 1.165) is 51.3 Å². The van der Waals surface area contributed by atoms with Gasteiger partial charge in [0.2, 0.25) is 0 Å². The van der Waals surface area contributed by atoms with Gasteiger partial charge in [0.05, 0.1) is 17.2 Å². The normalized spacial score (nSPS) is 15.6. The van der Waals surface area contributed by atoms with Gasteiger partial charge in [-0.3, -0.25) is 4.98 Å². The van der Waals surface area contributed by atoms with Crippen LogP contribution in [-0.2, 0) is 20.1 Å². The number of fused-ring (bicyclic) bond motifs is 3. The molecule has 0 saturated heterocycles. The Morgan fingerprint density at radius 3 is 2.26 bits per heavy atom. The topological polar surface area (TPSA) is 75.6 Å². The molecular weight excluding hydrogens is 761 g/mol. The first-order chi connectivity index (χ1) is 22.0. The summed E-state index contributed by atoms with van der Waals surface area (Å²) in [7, 11) is -1.55. The third kappa shape index (κ3) is 7.05. The summed E-state index contributed by atoms with van der Waals surface area (Å²) in [6, 6.07) is 30.1. The second kappa shape index (κ2) is 13.8. The van der Waals surface area contributed by atoms with E-state index in [1.807, 2.05) is 79.1 Å². The van der Waals surface area contributed by atoms with Gasteiger partial charge in [0.25, 0.3) is 0 Å². The van der Waals surface area contributed by atoms with Gasteiger partial charge in [0.1, 0.15) is 13.7 Å². The van der Waals surface area contributed by atoms with E-state index in [9.17, 15) is 6.63 Å². The predicted octanol–water partition coefficient (Wildman–Crippen LogP) is 9.49. The molecule has 3 aromatic carbocycles. The fourth-order valence-electron chi connectivity index (χ4n) is 5.84. The van der Waals surface area contributed by atoms with E-state index in [1.54, 1.807) is 6.20 Å². The number of benzene rings is 3. The van der Waals surface area contributed by atoms with Crippen LogP contribution in [0, 0.1) is 28.9 Å². The first-order valence-corrected chi connectivity index (χ1v) is 19.0. The maximum absolute atomic E-state index is 9.93. The molecule has 46 heavy (non-hydrogen) atoms. The molecule has 1 radical (unpaired) electrons. The first-order valence-electron chi connectivity index (χ1n) is 16.0. The van der Waals surface area contributed by atoms with Crippen LogP contribution >= 0.6 is 0 Å². The van der Waals surface area contributed by atoms with Crippen molar-refractivity contribution in [3.63, 3.8) is 0 Å². The Bertz CT molecular complexity index is 1980. The predicted molar refractivity (Wildman–Crippen MR) is 185 cm³/mol. The first kappa shape index (κ1) is 32.0. The van der Waals surface area contributed by atoms with Crippen LogP contribution < -0.4 is 5.32 Å². The molecule has 7 rings (SSSR count). The van der Waals surface area contributed by atoms with Crippen molar-refractivity contribution < 1.29 is 25.9 Å². The number of pyridine rings is 1. The van der Waals surface area contributed by atoms with Crippen LogP contribution in [-0.4, -0.2) is 23.0 Å². The van der Waals surface area contributed by atoms with Gasteiger partial charge >= 0.3 is 0 Å². The summed E-state index contributed by atoms with van der Waals surface area (Å²) in [5.41, 5.74) is 6.31. The Kier molecular flexibility index (Phi) is 9.61. The van der Waals surface area contributed by atoms with Gasteiger partial charge in [-0.05, 0) is 54.8 Å². The van der Waals surface area contributed by atoms with Gasteiger partial charge < -0.3 is 14.4 Å². The number of hydrogen-bond donors (Lipinski definition) is 0. The molecule has 6 aromatic rings. The zero-order chi connectivity index (χ0) is 32.5. The van der Waals surface area contributed by atoms with Gasteiger partial charge in [-0.1, -0.05) is 62.6 Å². The monoisotopic (exact) mass is 800 g/mol. The molecule has 1 fully saturated rings. The summed E-state index contributed by atoms with van der Waals surface area (Å²) in [5.74, 6) is -0.837. The summed E-state index contributed by atoms with van der Waals surface area (Å²) >= 11 is 0. The molecule has 0 N–H and O–H groups in total. The van der Waals surface area contributed by atoms with Crippen molar-refractivity contribution in [2.75, 3.05) is 0 Å². The molecule has 1 aliphatic carbocycles. The minimum atomic E-state index is -1.55. The Labute approximate surface area is 287 Å². The maximum Gasteiger partial charge on any atom is 0.125 e. The van der Waals surface area contributed by atoms with Gasteiger partial charge in [0.15, 0.2) is 0 Å². The molecule has 1 aliphatic rings. The molecule has 5 nitrogen and oxygen atoms in total. The van der Waals surface area contributed by atoms with E-state index >= 15 is 0 Å². The minimum Gasteiger partial charge on any atom is -0.500 e. The Balaban J connectivity index is 0.000000280. The van der Waals surface area contributed by atoms with E-state index in [4.69, 9.17) is 14.4 Å². The smallest absolute Gasteiger partial charge is 0.125 e. The molecule has 0 amide bonds. The van der Waals surface area contributed by atoms with Crippen LogP contribution in [0.25, 0.3) is 44.5 Å². The van der Waals surface area contributed by atoms with E-state index in [2.05, 4.69) is 56.7 Å². The number of rotatable bonds is 4. The van der Waals surface area contributed by atoms with Crippen LogP contribution in [0.3, 0.4) is 0 Å². The summed E-state index contributed by atoms with van der Waals surface area (Å²) in [5, 5.41) is 12.9. The second-order valence-corrected chi connectivity index (χ2v) is 18.5. The molecule has 0 aliphatic heterocycles. The number of nitriles is 1. The van der Waals surface area contributed by atoms with E-state index in [0.29, 0.717) is 35.3 Å². The second-order valence-electron chi connectivity index (χ2n) is 13.5. The fourth-order valence-corrected chi connectivity index (χ4v) is 6.74. The van der Waals surface area contributed by atoms with Crippen molar-refractivity contribution in [1.29, 1.82) is 5.26 Å². The number of furan rings is 1. The van der Waals surface area contributed by atoms with Crippen molar-refractivity contribution >= 4 is 35.3 Å². The molecule has 1 saturated carbocycles.